The Morgan fingerprint density at radius 3 is 2.29 bits per heavy atom. The van der Waals surface area contributed by atoms with Gasteiger partial charge in [-0.3, -0.25) is 4.79 Å². The Labute approximate surface area is 97.5 Å². The number of aliphatic hydroxyl groups excluding tert-OH is 2. The highest BCUT2D eigenvalue weighted by Crippen LogP contribution is 2.13. The molecular formula is C11H13NO5. The van der Waals surface area contributed by atoms with Gasteiger partial charge in [-0.05, 0) is 18.6 Å². The van der Waals surface area contributed by atoms with E-state index in [-0.39, 0.29) is 0 Å². The summed E-state index contributed by atoms with van der Waals surface area (Å²) in [7, 11) is 0. The van der Waals surface area contributed by atoms with E-state index in [1.165, 1.54) is 0 Å². The number of hydrogen-bond donors (Lipinski definition) is 4. The van der Waals surface area contributed by atoms with Crippen LogP contribution in [0, 0.1) is 6.92 Å². The molecule has 2 atom stereocenters. The van der Waals surface area contributed by atoms with Crippen LogP contribution in [0.2, 0.25) is 0 Å². The van der Waals surface area contributed by atoms with Crippen molar-refractivity contribution < 1.29 is 24.9 Å². The molecule has 4 N–H and O–H groups in total. The van der Waals surface area contributed by atoms with Crippen LogP contribution in [0.15, 0.2) is 24.3 Å². The van der Waals surface area contributed by atoms with Crippen LogP contribution in [0.5, 0.6) is 0 Å². The number of aliphatic carboxylic acids is 1. The van der Waals surface area contributed by atoms with Gasteiger partial charge in [0.2, 0.25) is 0 Å². The van der Waals surface area contributed by atoms with E-state index in [0.717, 1.165) is 5.56 Å². The molecule has 0 aliphatic carbocycles. The molecule has 0 heterocycles. The van der Waals surface area contributed by atoms with Crippen LogP contribution in [0.3, 0.4) is 0 Å². The Morgan fingerprint density at radius 1 is 1.18 bits per heavy atom. The molecule has 0 aliphatic rings. The third-order valence-corrected chi connectivity index (χ3v) is 2.22. The summed E-state index contributed by atoms with van der Waals surface area (Å²) in [6.07, 6.45) is -4.15. The lowest BCUT2D eigenvalue weighted by molar-refractivity contribution is -0.156. The normalized spacial score (nSPS) is 13.8. The van der Waals surface area contributed by atoms with E-state index in [1.54, 1.807) is 31.2 Å². The number of carboxylic acid groups (broad SMARTS) is 1. The van der Waals surface area contributed by atoms with Gasteiger partial charge in [0.15, 0.2) is 12.2 Å². The first kappa shape index (κ1) is 13.1. The third-order valence-electron chi connectivity index (χ3n) is 2.22. The molecule has 6 heteroatoms. The number of para-hydroxylation sites is 1. The molecule has 0 saturated carbocycles. The predicted octanol–water partition coefficient (Wildman–Crippen LogP) is -0.260. The van der Waals surface area contributed by atoms with Crippen LogP contribution >= 0.6 is 0 Å². The molecule has 0 saturated heterocycles. The van der Waals surface area contributed by atoms with Crippen LogP contribution in [0.1, 0.15) is 5.56 Å². The molecule has 92 valence electrons. The van der Waals surface area contributed by atoms with Crippen molar-refractivity contribution in [2.45, 2.75) is 19.1 Å². The topological polar surface area (TPSA) is 107 Å². The average molecular weight is 239 g/mol. The summed E-state index contributed by atoms with van der Waals surface area (Å²) in [5.41, 5.74) is 1.21. The van der Waals surface area contributed by atoms with Crippen LogP contribution in [0.25, 0.3) is 0 Å². The van der Waals surface area contributed by atoms with Crippen molar-refractivity contribution in [3.63, 3.8) is 0 Å². The quantitative estimate of drug-likeness (QED) is 0.579. The van der Waals surface area contributed by atoms with Gasteiger partial charge in [-0.25, -0.2) is 4.79 Å². The summed E-state index contributed by atoms with van der Waals surface area (Å²) in [6.45, 7) is 1.75. The number of carbonyl (C=O) groups excluding carboxylic acids is 1. The van der Waals surface area contributed by atoms with Gasteiger partial charge in [0.1, 0.15) is 0 Å². The molecule has 1 aromatic rings. The van der Waals surface area contributed by atoms with Gasteiger partial charge in [-0.2, -0.15) is 0 Å². The predicted molar refractivity (Wildman–Crippen MR) is 59.5 cm³/mol. The highest BCUT2D eigenvalue weighted by molar-refractivity contribution is 5.97. The maximum atomic E-state index is 11.4. The third kappa shape index (κ3) is 3.27. The highest BCUT2D eigenvalue weighted by Gasteiger charge is 2.30. The Hall–Kier alpha value is -1.92. The average Bonchev–Trinajstić information content (AvgIpc) is 2.30. The Kier molecular flexibility index (Phi) is 4.19. The first-order valence-corrected chi connectivity index (χ1v) is 4.89. The van der Waals surface area contributed by atoms with E-state index < -0.39 is 24.1 Å². The SMILES string of the molecule is Cc1ccccc1NC(=O)[C@@H](O)C(O)C(=O)O. The maximum absolute atomic E-state index is 11.4. The number of aliphatic hydroxyl groups is 2. The molecule has 1 unspecified atom stereocenters. The van der Waals surface area contributed by atoms with Crippen molar-refractivity contribution in [2.75, 3.05) is 5.32 Å². The second kappa shape index (κ2) is 5.42. The van der Waals surface area contributed by atoms with Crippen molar-refractivity contribution in [3.8, 4) is 0 Å². The molecule has 1 amide bonds. The monoisotopic (exact) mass is 239 g/mol. The van der Waals surface area contributed by atoms with E-state index in [1.807, 2.05) is 0 Å². The number of aryl methyl sites for hydroxylation is 1. The van der Waals surface area contributed by atoms with Crippen LogP contribution in [-0.4, -0.2) is 39.4 Å². The minimum absolute atomic E-state index is 0.453. The van der Waals surface area contributed by atoms with Gasteiger partial charge >= 0.3 is 5.97 Å². The lowest BCUT2D eigenvalue weighted by Crippen LogP contribution is -2.42. The molecule has 0 aliphatic heterocycles. The zero-order valence-electron chi connectivity index (χ0n) is 9.12. The molecule has 0 fully saturated rings. The number of benzene rings is 1. The maximum Gasteiger partial charge on any atom is 0.335 e. The molecule has 6 nitrogen and oxygen atoms in total. The van der Waals surface area contributed by atoms with Gasteiger partial charge in [0.25, 0.3) is 5.91 Å². The van der Waals surface area contributed by atoms with Crippen LogP contribution < -0.4 is 5.32 Å². The Morgan fingerprint density at radius 2 is 1.76 bits per heavy atom. The summed E-state index contributed by atoms with van der Waals surface area (Å²) < 4.78 is 0. The van der Waals surface area contributed by atoms with Crippen molar-refractivity contribution in [3.05, 3.63) is 29.8 Å². The molecule has 1 aromatic carbocycles. The highest BCUT2D eigenvalue weighted by atomic mass is 16.4. The smallest absolute Gasteiger partial charge is 0.335 e. The summed E-state index contributed by atoms with van der Waals surface area (Å²) in [5.74, 6) is -2.62. The lowest BCUT2D eigenvalue weighted by atomic mass is 10.1. The number of nitrogens with one attached hydrogen (secondary N) is 1. The second-order valence-corrected chi connectivity index (χ2v) is 3.53. The van der Waals surface area contributed by atoms with Crippen molar-refractivity contribution in [1.82, 2.24) is 0 Å². The number of carbonyl (C=O) groups is 2. The van der Waals surface area contributed by atoms with Gasteiger partial charge in [-0.15, -0.1) is 0 Å². The summed E-state index contributed by atoms with van der Waals surface area (Å²) in [4.78, 5) is 21.8. The summed E-state index contributed by atoms with van der Waals surface area (Å²) >= 11 is 0. The minimum atomic E-state index is -2.14. The van der Waals surface area contributed by atoms with Crippen molar-refractivity contribution in [1.29, 1.82) is 0 Å². The van der Waals surface area contributed by atoms with Crippen LogP contribution in [0.4, 0.5) is 5.69 Å². The Bertz CT molecular complexity index is 432. The minimum Gasteiger partial charge on any atom is -0.479 e. The molecular weight excluding hydrogens is 226 g/mol. The fourth-order valence-corrected chi connectivity index (χ4v) is 1.20. The molecule has 0 aromatic heterocycles. The molecule has 0 bridgehead atoms. The van der Waals surface area contributed by atoms with E-state index in [9.17, 15) is 14.7 Å². The van der Waals surface area contributed by atoms with Gasteiger partial charge in [0, 0.05) is 5.69 Å². The first-order chi connectivity index (χ1) is 7.93. The molecule has 1 rings (SSSR count). The zero-order chi connectivity index (χ0) is 13.0. The van der Waals surface area contributed by atoms with Crippen LogP contribution in [-0.2, 0) is 9.59 Å². The fourth-order valence-electron chi connectivity index (χ4n) is 1.20. The van der Waals surface area contributed by atoms with Gasteiger partial charge in [-0.1, -0.05) is 18.2 Å². The number of amides is 1. The number of carboxylic acids is 1. The summed E-state index contributed by atoms with van der Waals surface area (Å²) in [6, 6.07) is 6.80. The van der Waals surface area contributed by atoms with E-state index >= 15 is 0 Å². The second-order valence-electron chi connectivity index (χ2n) is 3.53. The van der Waals surface area contributed by atoms with Gasteiger partial charge in [0.05, 0.1) is 0 Å². The number of anilines is 1. The van der Waals surface area contributed by atoms with E-state index in [2.05, 4.69) is 5.32 Å². The standard InChI is InChI=1S/C11H13NO5/c1-6-4-2-3-5-7(6)12-10(15)8(13)9(14)11(16)17/h2-5,8-9,13-14H,1H3,(H,12,15)(H,16,17)/t8-,9?/m0/s1. The fraction of sp³-hybridized carbons (Fsp3) is 0.273. The van der Waals surface area contributed by atoms with Crippen molar-refractivity contribution in [2.24, 2.45) is 0 Å². The zero-order valence-corrected chi connectivity index (χ0v) is 9.12. The Balaban J connectivity index is 2.73. The van der Waals surface area contributed by atoms with E-state index in [4.69, 9.17) is 10.2 Å². The van der Waals surface area contributed by atoms with E-state index in [0.29, 0.717) is 5.69 Å². The lowest BCUT2D eigenvalue weighted by Gasteiger charge is -2.14. The summed E-state index contributed by atoms with van der Waals surface area (Å²) in [5, 5.41) is 29.0. The number of hydrogen-bond acceptors (Lipinski definition) is 4. The molecule has 0 radical (unpaired) electrons. The number of rotatable bonds is 4. The first-order valence-electron chi connectivity index (χ1n) is 4.89. The molecule has 17 heavy (non-hydrogen) atoms. The largest absolute Gasteiger partial charge is 0.479 e. The molecule has 0 spiro atoms. The van der Waals surface area contributed by atoms with Crippen molar-refractivity contribution >= 4 is 17.6 Å². The van der Waals surface area contributed by atoms with Gasteiger partial charge < -0.3 is 20.6 Å².